The standard InChI is InChI=1S/C18H27N/c1-13(2)15-9-6-10-16(11-15)19-18-12-17(18)14-7-4-3-5-8-14/h3-5,7-8,13,15-19H,6,9-12H2,1-2H3. The van der Waals surface area contributed by atoms with Gasteiger partial charge in [-0.3, -0.25) is 0 Å². The van der Waals surface area contributed by atoms with Gasteiger partial charge in [-0.15, -0.1) is 0 Å². The molecule has 4 atom stereocenters. The SMILES string of the molecule is CC(C)C1CCCC(NC2CC2c2ccccc2)C1. The van der Waals surface area contributed by atoms with Crippen molar-refractivity contribution in [1.82, 2.24) is 5.32 Å². The first-order chi connectivity index (χ1) is 9.24. The summed E-state index contributed by atoms with van der Waals surface area (Å²) in [5.74, 6) is 2.58. The second kappa shape index (κ2) is 5.66. The average Bonchev–Trinajstić information content (AvgIpc) is 3.19. The van der Waals surface area contributed by atoms with Gasteiger partial charge in [-0.25, -0.2) is 0 Å². The molecule has 3 rings (SSSR count). The molecule has 0 saturated heterocycles. The molecule has 2 fully saturated rings. The minimum Gasteiger partial charge on any atom is -0.311 e. The summed E-state index contributed by atoms with van der Waals surface area (Å²) in [6.45, 7) is 4.77. The van der Waals surface area contributed by atoms with E-state index in [4.69, 9.17) is 0 Å². The predicted octanol–water partition coefficient (Wildman–Crippen LogP) is 4.35. The lowest BCUT2D eigenvalue weighted by atomic mass is 9.79. The van der Waals surface area contributed by atoms with Gasteiger partial charge in [-0.05, 0) is 36.7 Å². The fourth-order valence-corrected chi connectivity index (χ4v) is 3.74. The Morgan fingerprint density at radius 2 is 1.84 bits per heavy atom. The maximum Gasteiger partial charge on any atom is 0.0145 e. The molecule has 2 aliphatic carbocycles. The zero-order chi connectivity index (χ0) is 13.2. The highest BCUT2D eigenvalue weighted by molar-refractivity contribution is 5.27. The largest absolute Gasteiger partial charge is 0.311 e. The molecule has 0 radical (unpaired) electrons. The summed E-state index contributed by atoms with van der Waals surface area (Å²) in [6, 6.07) is 12.5. The van der Waals surface area contributed by atoms with Gasteiger partial charge in [-0.2, -0.15) is 0 Å². The lowest BCUT2D eigenvalue weighted by Gasteiger charge is -2.32. The smallest absolute Gasteiger partial charge is 0.0145 e. The second-order valence-corrected chi connectivity index (χ2v) is 6.89. The molecule has 1 N–H and O–H groups in total. The third kappa shape index (κ3) is 3.20. The Morgan fingerprint density at radius 1 is 1.05 bits per heavy atom. The topological polar surface area (TPSA) is 12.0 Å². The molecule has 1 aromatic carbocycles. The molecule has 19 heavy (non-hydrogen) atoms. The van der Waals surface area contributed by atoms with Crippen LogP contribution < -0.4 is 5.32 Å². The van der Waals surface area contributed by atoms with Gasteiger partial charge in [0.25, 0.3) is 0 Å². The second-order valence-electron chi connectivity index (χ2n) is 6.89. The Kier molecular flexibility index (Phi) is 3.93. The molecule has 2 saturated carbocycles. The first-order valence-corrected chi connectivity index (χ1v) is 8.05. The van der Waals surface area contributed by atoms with Crippen LogP contribution in [0.3, 0.4) is 0 Å². The fraction of sp³-hybridized carbons (Fsp3) is 0.667. The molecular formula is C18H27N. The van der Waals surface area contributed by atoms with Gasteiger partial charge in [0.2, 0.25) is 0 Å². The van der Waals surface area contributed by atoms with Gasteiger partial charge in [-0.1, -0.05) is 57.0 Å². The van der Waals surface area contributed by atoms with Gasteiger partial charge < -0.3 is 5.32 Å². The van der Waals surface area contributed by atoms with Crippen LogP contribution in [-0.2, 0) is 0 Å². The molecule has 0 spiro atoms. The van der Waals surface area contributed by atoms with E-state index >= 15 is 0 Å². The van der Waals surface area contributed by atoms with E-state index in [2.05, 4.69) is 49.5 Å². The maximum atomic E-state index is 3.93. The van der Waals surface area contributed by atoms with Crippen LogP contribution in [0, 0.1) is 11.8 Å². The summed E-state index contributed by atoms with van der Waals surface area (Å²) < 4.78 is 0. The number of nitrogens with one attached hydrogen (secondary N) is 1. The fourth-order valence-electron chi connectivity index (χ4n) is 3.74. The van der Waals surface area contributed by atoms with E-state index in [0.717, 1.165) is 29.8 Å². The Bertz CT molecular complexity index is 397. The zero-order valence-electron chi connectivity index (χ0n) is 12.3. The highest BCUT2D eigenvalue weighted by Crippen LogP contribution is 2.42. The van der Waals surface area contributed by atoms with Crippen LogP contribution in [0.2, 0.25) is 0 Å². The van der Waals surface area contributed by atoms with Crippen molar-refractivity contribution in [3.05, 3.63) is 35.9 Å². The van der Waals surface area contributed by atoms with Gasteiger partial charge in [0.15, 0.2) is 0 Å². The van der Waals surface area contributed by atoms with E-state index < -0.39 is 0 Å². The lowest BCUT2D eigenvalue weighted by molar-refractivity contribution is 0.230. The first kappa shape index (κ1) is 13.2. The predicted molar refractivity (Wildman–Crippen MR) is 81.3 cm³/mol. The minimum atomic E-state index is 0.748. The van der Waals surface area contributed by atoms with Crippen molar-refractivity contribution in [2.24, 2.45) is 11.8 Å². The third-order valence-electron chi connectivity index (χ3n) is 5.13. The van der Waals surface area contributed by atoms with Crippen LogP contribution in [0.1, 0.15) is 57.4 Å². The Labute approximate surface area is 117 Å². The molecular weight excluding hydrogens is 230 g/mol. The van der Waals surface area contributed by atoms with E-state index in [1.165, 1.54) is 37.7 Å². The first-order valence-electron chi connectivity index (χ1n) is 8.05. The van der Waals surface area contributed by atoms with Gasteiger partial charge in [0.05, 0.1) is 0 Å². The molecule has 4 unspecified atom stereocenters. The van der Waals surface area contributed by atoms with Gasteiger partial charge in [0, 0.05) is 18.0 Å². The lowest BCUT2D eigenvalue weighted by Crippen LogP contribution is -2.37. The van der Waals surface area contributed by atoms with E-state index in [1.807, 2.05) is 0 Å². The molecule has 1 aromatic rings. The van der Waals surface area contributed by atoms with E-state index in [-0.39, 0.29) is 0 Å². The highest BCUT2D eigenvalue weighted by atomic mass is 15.0. The monoisotopic (exact) mass is 257 g/mol. The molecule has 1 heteroatoms. The summed E-state index contributed by atoms with van der Waals surface area (Å²) in [5, 5.41) is 3.93. The number of hydrogen-bond acceptors (Lipinski definition) is 1. The quantitative estimate of drug-likeness (QED) is 0.845. The number of rotatable bonds is 4. The summed E-state index contributed by atoms with van der Waals surface area (Å²) in [6.07, 6.45) is 7.00. The average molecular weight is 257 g/mol. The normalized spacial score (nSPS) is 34.5. The number of benzene rings is 1. The Balaban J connectivity index is 1.51. The molecule has 104 valence electrons. The van der Waals surface area contributed by atoms with Crippen LogP contribution in [-0.4, -0.2) is 12.1 Å². The Morgan fingerprint density at radius 3 is 2.58 bits per heavy atom. The molecule has 1 nitrogen and oxygen atoms in total. The summed E-state index contributed by atoms with van der Waals surface area (Å²) >= 11 is 0. The van der Waals surface area contributed by atoms with Crippen LogP contribution in [0.5, 0.6) is 0 Å². The van der Waals surface area contributed by atoms with Crippen molar-refractivity contribution >= 4 is 0 Å². The van der Waals surface area contributed by atoms with Crippen LogP contribution >= 0.6 is 0 Å². The van der Waals surface area contributed by atoms with Crippen LogP contribution in [0.4, 0.5) is 0 Å². The van der Waals surface area contributed by atoms with Crippen molar-refractivity contribution < 1.29 is 0 Å². The van der Waals surface area contributed by atoms with E-state index in [0.29, 0.717) is 0 Å². The highest BCUT2D eigenvalue weighted by Gasteiger charge is 2.40. The Hall–Kier alpha value is -0.820. The van der Waals surface area contributed by atoms with Crippen molar-refractivity contribution in [3.63, 3.8) is 0 Å². The van der Waals surface area contributed by atoms with E-state index in [9.17, 15) is 0 Å². The summed E-state index contributed by atoms with van der Waals surface area (Å²) in [5.41, 5.74) is 1.52. The van der Waals surface area contributed by atoms with Crippen molar-refractivity contribution in [1.29, 1.82) is 0 Å². The minimum absolute atomic E-state index is 0.748. The maximum absolute atomic E-state index is 3.93. The third-order valence-corrected chi connectivity index (χ3v) is 5.13. The van der Waals surface area contributed by atoms with Crippen molar-refractivity contribution in [2.45, 2.75) is 64.0 Å². The zero-order valence-corrected chi connectivity index (χ0v) is 12.3. The molecule has 0 amide bonds. The molecule has 0 heterocycles. The molecule has 0 aromatic heterocycles. The van der Waals surface area contributed by atoms with Gasteiger partial charge in [0.1, 0.15) is 0 Å². The summed E-state index contributed by atoms with van der Waals surface area (Å²) in [4.78, 5) is 0. The molecule has 0 bridgehead atoms. The molecule has 0 aliphatic heterocycles. The van der Waals surface area contributed by atoms with Crippen LogP contribution in [0.15, 0.2) is 30.3 Å². The molecule has 2 aliphatic rings. The van der Waals surface area contributed by atoms with Crippen LogP contribution in [0.25, 0.3) is 0 Å². The van der Waals surface area contributed by atoms with E-state index in [1.54, 1.807) is 0 Å². The van der Waals surface area contributed by atoms with Crippen molar-refractivity contribution in [3.8, 4) is 0 Å². The van der Waals surface area contributed by atoms with Gasteiger partial charge >= 0.3 is 0 Å². The van der Waals surface area contributed by atoms with Crippen molar-refractivity contribution in [2.75, 3.05) is 0 Å². The summed E-state index contributed by atoms with van der Waals surface area (Å²) in [7, 11) is 0. The number of hydrogen-bond donors (Lipinski definition) is 1.